The molecule has 0 radical (unpaired) electrons. The molecule has 0 bridgehead atoms. The number of hydrogen-bond acceptors (Lipinski definition) is 3. The summed E-state index contributed by atoms with van der Waals surface area (Å²) in [4.78, 5) is 15.5. The minimum Gasteiger partial charge on any atom is -0.299 e. The van der Waals surface area contributed by atoms with Crippen LogP contribution in [0.25, 0.3) is 0 Å². The van der Waals surface area contributed by atoms with Crippen LogP contribution in [-0.2, 0) is 6.54 Å². The lowest BCUT2D eigenvalue weighted by Crippen LogP contribution is -2.32. The Labute approximate surface area is 96.0 Å². The molecule has 0 aliphatic rings. The Hall–Kier alpha value is -0.770. The van der Waals surface area contributed by atoms with Crippen LogP contribution in [0.5, 0.6) is 0 Å². The first kappa shape index (κ1) is 12.3. The minimum atomic E-state index is 0.0121. The van der Waals surface area contributed by atoms with Gasteiger partial charge in [0.25, 0.3) is 5.56 Å². The van der Waals surface area contributed by atoms with E-state index in [1.54, 1.807) is 10.9 Å². The molecular formula is C11H18N2OS. The average Bonchev–Trinajstić information content (AvgIpc) is 2.29. The monoisotopic (exact) mass is 226 g/mol. The molecule has 1 rings (SSSR count). The molecule has 0 fully saturated rings. The van der Waals surface area contributed by atoms with Gasteiger partial charge >= 0.3 is 0 Å². The molecule has 15 heavy (non-hydrogen) atoms. The molecule has 0 aliphatic heterocycles. The molecule has 1 heterocycles. The molecule has 0 aromatic carbocycles. The third kappa shape index (κ3) is 2.84. The summed E-state index contributed by atoms with van der Waals surface area (Å²) >= 11 is 4.39. The van der Waals surface area contributed by atoms with Gasteiger partial charge in [0.1, 0.15) is 0 Å². The molecule has 0 saturated heterocycles. The van der Waals surface area contributed by atoms with E-state index >= 15 is 0 Å². The van der Waals surface area contributed by atoms with E-state index in [2.05, 4.69) is 31.5 Å². The van der Waals surface area contributed by atoms with Crippen LogP contribution >= 0.6 is 12.6 Å². The van der Waals surface area contributed by atoms with Crippen molar-refractivity contribution in [1.82, 2.24) is 9.55 Å². The normalized spacial score (nSPS) is 11.7. The van der Waals surface area contributed by atoms with E-state index in [4.69, 9.17) is 0 Å². The maximum Gasteiger partial charge on any atom is 0.253 e. The van der Waals surface area contributed by atoms with Crippen molar-refractivity contribution in [2.75, 3.05) is 5.75 Å². The van der Waals surface area contributed by atoms with E-state index < -0.39 is 0 Å². The quantitative estimate of drug-likeness (QED) is 0.779. The van der Waals surface area contributed by atoms with Gasteiger partial charge in [-0.1, -0.05) is 13.8 Å². The Morgan fingerprint density at radius 3 is 2.60 bits per heavy atom. The second-order valence-electron chi connectivity index (χ2n) is 3.91. The Bertz CT molecular complexity index is 349. The molecule has 0 amide bonds. The van der Waals surface area contributed by atoms with E-state index in [0.29, 0.717) is 6.54 Å². The largest absolute Gasteiger partial charge is 0.299 e. The van der Waals surface area contributed by atoms with Gasteiger partial charge < -0.3 is 0 Å². The van der Waals surface area contributed by atoms with E-state index in [9.17, 15) is 4.79 Å². The zero-order valence-electron chi connectivity index (χ0n) is 9.31. The highest BCUT2D eigenvalue weighted by atomic mass is 32.1. The summed E-state index contributed by atoms with van der Waals surface area (Å²) in [5, 5.41) is 0. The lowest BCUT2D eigenvalue weighted by molar-refractivity contribution is 0.253. The maximum atomic E-state index is 11.5. The summed E-state index contributed by atoms with van der Waals surface area (Å²) in [6.45, 7) is 4.98. The average molecular weight is 226 g/mol. The Morgan fingerprint density at radius 1 is 1.47 bits per heavy atom. The van der Waals surface area contributed by atoms with Crippen molar-refractivity contribution in [3.8, 4) is 0 Å². The van der Waals surface area contributed by atoms with Crippen molar-refractivity contribution < 1.29 is 0 Å². The number of nitrogens with zero attached hydrogens (tertiary/aromatic N) is 2. The lowest BCUT2D eigenvalue weighted by atomic mass is 9.84. The fourth-order valence-corrected chi connectivity index (χ4v) is 2.15. The van der Waals surface area contributed by atoms with Crippen LogP contribution in [0, 0.1) is 5.41 Å². The first-order valence-corrected chi connectivity index (χ1v) is 5.92. The summed E-state index contributed by atoms with van der Waals surface area (Å²) in [7, 11) is 0. The first-order valence-electron chi connectivity index (χ1n) is 5.29. The molecule has 0 spiro atoms. The minimum absolute atomic E-state index is 0.0121. The SMILES string of the molecule is CCC(CC)(CS)Cn1cnccc1=O. The summed E-state index contributed by atoms with van der Waals surface area (Å²) in [6.07, 6.45) is 5.17. The number of hydrogen-bond donors (Lipinski definition) is 1. The summed E-state index contributed by atoms with van der Waals surface area (Å²) < 4.78 is 1.67. The van der Waals surface area contributed by atoms with Gasteiger partial charge in [0.05, 0.1) is 6.33 Å². The number of thiol groups is 1. The van der Waals surface area contributed by atoms with Gasteiger partial charge in [-0.3, -0.25) is 9.36 Å². The smallest absolute Gasteiger partial charge is 0.253 e. The Balaban J connectivity index is 2.93. The fraction of sp³-hybridized carbons (Fsp3) is 0.636. The van der Waals surface area contributed by atoms with Crippen LogP contribution in [0.4, 0.5) is 0 Å². The van der Waals surface area contributed by atoms with E-state index in [1.807, 2.05) is 0 Å². The Morgan fingerprint density at radius 2 is 2.13 bits per heavy atom. The van der Waals surface area contributed by atoms with Crippen LogP contribution in [0.3, 0.4) is 0 Å². The lowest BCUT2D eigenvalue weighted by Gasteiger charge is -2.30. The molecule has 0 N–H and O–H groups in total. The van der Waals surface area contributed by atoms with Gasteiger partial charge in [-0.05, 0) is 24.0 Å². The zero-order chi connectivity index (χ0) is 11.3. The molecule has 0 unspecified atom stereocenters. The van der Waals surface area contributed by atoms with Crippen molar-refractivity contribution in [3.63, 3.8) is 0 Å². The van der Waals surface area contributed by atoms with Crippen molar-refractivity contribution >= 4 is 12.6 Å². The number of rotatable bonds is 5. The van der Waals surface area contributed by atoms with Crippen molar-refractivity contribution in [1.29, 1.82) is 0 Å². The van der Waals surface area contributed by atoms with Crippen LogP contribution < -0.4 is 5.56 Å². The molecule has 1 aromatic heterocycles. The highest BCUT2D eigenvalue weighted by Crippen LogP contribution is 2.29. The van der Waals surface area contributed by atoms with E-state index in [-0.39, 0.29) is 11.0 Å². The first-order chi connectivity index (χ1) is 7.17. The van der Waals surface area contributed by atoms with Crippen LogP contribution in [0.1, 0.15) is 26.7 Å². The highest BCUT2D eigenvalue weighted by Gasteiger charge is 2.25. The third-order valence-corrected chi connectivity index (χ3v) is 3.80. The van der Waals surface area contributed by atoms with Gasteiger partial charge in [0.2, 0.25) is 0 Å². The van der Waals surface area contributed by atoms with Gasteiger partial charge in [-0.2, -0.15) is 12.6 Å². The molecule has 0 aliphatic carbocycles. The molecule has 4 heteroatoms. The molecule has 84 valence electrons. The molecule has 3 nitrogen and oxygen atoms in total. The van der Waals surface area contributed by atoms with Crippen molar-refractivity contribution in [3.05, 3.63) is 28.9 Å². The summed E-state index contributed by atoms with van der Waals surface area (Å²) in [6, 6.07) is 1.49. The fourth-order valence-electron chi connectivity index (χ4n) is 1.61. The summed E-state index contributed by atoms with van der Waals surface area (Å²) in [5.74, 6) is 0.793. The second kappa shape index (κ2) is 5.35. The zero-order valence-corrected chi connectivity index (χ0v) is 10.2. The summed E-state index contributed by atoms with van der Waals surface area (Å²) in [5.41, 5.74) is 0.119. The Kier molecular flexibility index (Phi) is 4.39. The van der Waals surface area contributed by atoms with E-state index in [0.717, 1.165) is 18.6 Å². The predicted molar refractivity (Wildman–Crippen MR) is 65.4 cm³/mol. The van der Waals surface area contributed by atoms with Crippen molar-refractivity contribution in [2.24, 2.45) is 5.41 Å². The standard InChI is InChI=1S/C11H18N2OS/c1-3-11(4-2,8-15)7-13-9-12-6-5-10(13)14/h5-6,9,15H,3-4,7-8H2,1-2H3. The topological polar surface area (TPSA) is 34.9 Å². The van der Waals surface area contributed by atoms with Gasteiger partial charge in [-0.15, -0.1) is 0 Å². The van der Waals surface area contributed by atoms with Crippen LogP contribution in [0.2, 0.25) is 0 Å². The molecule has 1 aromatic rings. The van der Waals surface area contributed by atoms with Gasteiger partial charge in [0.15, 0.2) is 0 Å². The number of aromatic nitrogens is 2. The second-order valence-corrected chi connectivity index (χ2v) is 4.23. The molecular weight excluding hydrogens is 208 g/mol. The molecule has 0 atom stereocenters. The van der Waals surface area contributed by atoms with E-state index in [1.165, 1.54) is 12.3 Å². The van der Waals surface area contributed by atoms with Crippen molar-refractivity contribution in [2.45, 2.75) is 33.2 Å². The van der Waals surface area contributed by atoms with Crippen LogP contribution in [-0.4, -0.2) is 15.3 Å². The van der Waals surface area contributed by atoms with Crippen LogP contribution in [0.15, 0.2) is 23.4 Å². The third-order valence-electron chi connectivity index (χ3n) is 3.13. The maximum absolute atomic E-state index is 11.5. The highest BCUT2D eigenvalue weighted by molar-refractivity contribution is 7.80. The van der Waals surface area contributed by atoms with Gasteiger partial charge in [0, 0.05) is 18.8 Å². The van der Waals surface area contributed by atoms with Gasteiger partial charge in [-0.25, -0.2) is 4.98 Å². The molecule has 0 saturated carbocycles. The predicted octanol–water partition coefficient (Wildman–Crippen LogP) is 1.98.